The number of ketones is 2. The van der Waals surface area contributed by atoms with Gasteiger partial charge in [0.25, 0.3) is 0 Å². The van der Waals surface area contributed by atoms with Crippen LogP contribution in [0.3, 0.4) is 0 Å². The Morgan fingerprint density at radius 1 is 1.00 bits per heavy atom. The molecule has 3 aliphatic rings. The van der Waals surface area contributed by atoms with E-state index in [-0.39, 0.29) is 17.1 Å². The molecule has 2 aliphatic heterocycles. The summed E-state index contributed by atoms with van der Waals surface area (Å²) in [6.45, 7) is 11.6. The van der Waals surface area contributed by atoms with E-state index in [9.17, 15) is 22.8 Å². The van der Waals surface area contributed by atoms with E-state index in [1.807, 2.05) is 11.8 Å². The van der Waals surface area contributed by atoms with Crippen molar-refractivity contribution in [2.24, 2.45) is 10.8 Å². The van der Waals surface area contributed by atoms with Gasteiger partial charge in [0, 0.05) is 45.5 Å². The summed E-state index contributed by atoms with van der Waals surface area (Å²) in [5, 5.41) is 0. The average molecular weight is 525 g/mol. The van der Waals surface area contributed by atoms with Crippen LogP contribution in [0.1, 0.15) is 46.6 Å². The van der Waals surface area contributed by atoms with Crippen molar-refractivity contribution in [2.45, 2.75) is 58.6 Å². The van der Waals surface area contributed by atoms with Gasteiger partial charge < -0.3 is 9.64 Å². The Labute approximate surface area is 215 Å². The molecular formula is C27H35F3N2O5. The Kier molecular flexibility index (Phi) is 6.89. The van der Waals surface area contributed by atoms with Gasteiger partial charge in [-0.05, 0) is 65.3 Å². The smallest absolute Gasteiger partial charge is 0.369 e. The first kappa shape index (κ1) is 27.8. The summed E-state index contributed by atoms with van der Waals surface area (Å²) >= 11 is 0. The first-order valence-corrected chi connectivity index (χ1v) is 12.5. The van der Waals surface area contributed by atoms with Gasteiger partial charge in [0.15, 0.2) is 11.6 Å². The fourth-order valence-electron chi connectivity index (χ4n) is 5.65. The molecule has 0 amide bonds. The van der Waals surface area contributed by atoms with Crippen molar-refractivity contribution < 1.29 is 37.3 Å². The Bertz CT molecular complexity index is 1110. The molecule has 0 N–H and O–H groups in total. The van der Waals surface area contributed by atoms with E-state index >= 15 is 0 Å². The summed E-state index contributed by atoms with van der Waals surface area (Å²) in [6, 6.07) is 5.39. The predicted molar refractivity (Wildman–Crippen MR) is 131 cm³/mol. The number of rotatable bonds is 5. The second kappa shape index (κ2) is 9.18. The van der Waals surface area contributed by atoms with E-state index in [1.165, 1.54) is 19.2 Å². The van der Waals surface area contributed by atoms with E-state index in [0.29, 0.717) is 44.8 Å². The fourth-order valence-corrected chi connectivity index (χ4v) is 5.65. The van der Waals surface area contributed by atoms with Crippen LogP contribution in [0.15, 0.2) is 35.9 Å². The summed E-state index contributed by atoms with van der Waals surface area (Å²) in [5.41, 5.74) is -3.13. The van der Waals surface area contributed by atoms with Crippen molar-refractivity contribution in [1.29, 1.82) is 0 Å². The lowest BCUT2D eigenvalue weighted by atomic mass is 9.57. The quantitative estimate of drug-likeness (QED) is 0.418. The van der Waals surface area contributed by atoms with Gasteiger partial charge >= 0.3 is 6.18 Å². The van der Waals surface area contributed by atoms with Gasteiger partial charge in [0.1, 0.15) is 5.60 Å². The Balaban J connectivity index is 1.44. The van der Waals surface area contributed by atoms with Crippen LogP contribution in [0.25, 0.3) is 0 Å². The molecule has 0 spiro atoms. The number of piperazine rings is 1. The summed E-state index contributed by atoms with van der Waals surface area (Å²) in [6.07, 6.45) is -2.14. The lowest BCUT2D eigenvalue weighted by Crippen LogP contribution is -2.67. The van der Waals surface area contributed by atoms with Crippen molar-refractivity contribution >= 4 is 17.3 Å². The van der Waals surface area contributed by atoms with E-state index in [1.54, 1.807) is 39.8 Å². The maximum absolute atomic E-state index is 13.4. The highest BCUT2D eigenvalue weighted by atomic mass is 19.4. The highest BCUT2D eigenvalue weighted by molar-refractivity contribution is 6.19. The zero-order chi connectivity index (χ0) is 27.4. The molecule has 2 heterocycles. The van der Waals surface area contributed by atoms with Gasteiger partial charge in [-0.3, -0.25) is 14.5 Å². The largest absolute Gasteiger partial charge is 0.416 e. The second-order valence-electron chi connectivity index (χ2n) is 11.4. The number of carbonyl (C=O) groups excluding carboxylic acids is 2. The fraction of sp³-hybridized carbons (Fsp3) is 0.630. The normalized spacial score (nSPS) is 30.2. The van der Waals surface area contributed by atoms with Crippen molar-refractivity contribution in [1.82, 2.24) is 4.90 Å². The summed E-state index contributed by atoms with van der Waals surface area (Å²) in [4.78, 5) is 42.3. The third kappa shape index (κ3) is 4.62. The van der Waals surface area contributed by atoms with Gasteiger partial charge in [-0.2, -0.15) is 18.1 Å². The third-order valence-electron chi connectivity index (χ3n) is 8.05. The number of carbonyl (C=O) groups is 2. The molecule has 1 saturated heterocycles. The molecule has 1 aliphatic carbocycles. The highest BCUT2D eigenvalue weighted by Gasteiger charge is 2.68. The molecule has 204 valence electrons. The van der Waals surface area contributed by atoms with Crippen LogP contribution >= 0.6 is 0 Å². The second-order valence-corrected chi connectivity index (χ2v) is 11.4. The number of hydrogen-bond acceptors (Lipinski definition) is 7. The molecule has 0 aromatic heterocycles. The minimum atomic E-state index is -4.37. The zero-order valence-corrected chi connectivity index (χ0v) is 22.2. The number of Topliss-reactive ketones (excluding diaryl/α,β-unsaturated/α-hetero) is 2. The van der Waals surface area contributed by atoms with E-state index in [0.717, 1.165) is 6.07 Å². The lowest BCUT2D eigenvalue weighted by molar-refractivity contribution is -0.469. The van der Waals surface area contributed by atoms with Crippen LogP contribution in [-0.4, -0.2) is 67.7 Å². The standard InChI is InChI=1S/C27H35F3N2O5/c1-23(2)21(33)20-17-25(5,36-37-26(20,35-6)24(3,4)22(23)34)10-11-31-12-14-32(15-13-31)19-9-7-8-18(16-19)27(28,29)30/h7-9,16-17H,10-15H2,1-6H3/t25-,26-/m1/s1. The van der Waals surface area contributed by atoms with Crippen molar-refractivity contribution in [3.8, 4) is 0 Å². The first-order valence-electron chi connectivity index (χ1n) is 12.5. The van der Waals surface area contributed by atoms with Crippen LogP contribution in [0, 0.1) is 10.8 Å². The third-order valence-corrected chi connectivity index (χ3v) is 8.05. The number of nitrogens with zero attached hydrogens (tertiary/aromatic N) is 2. The molecule has 7 nitrogen and oxygen atoms in total. The molecule has 4 rings (SSSR count). The molecular weight excluding hydrogens is 489 g/mol. The number of benzene rings is 1. The van der Waals surface area contributed by atoms with Crippen molar-refractivity contribution in [3.63, 3.8) is 0 Å². The van der Waals surface area contributed by atoms with Crippen LogP contribution in [-0.2, 0) is 30.3 Å². The van der Waals surface area contributed by atoms with Gasteiger partial charge in [-0.25, -0.2) is 4.89 Å². The Morgan fingerprint density at radius 3 is 2.24 bits per heavy atom. The molecule has 0 radical (unpaired) electrons. The van der Waals surface area contributed by atoms with E-state index in [4.69, 9.17) is 14.5 Å². The maximum atomic E-state index is 13.4. The average Bonchev–Trinajstić information content (AvgIpc) is 2.86. The van der Waals surface area contributed by atoms with Crippen LogP contribution < -0.4 is 4.90 Å². The number of anilines is 1. The molecule has 2 fully saturated rings. The number of methoxy groups -OCH3 is 1. The van der Waals surface area contributed by atoms with Gasteiger partial charge in [0.2, 0.25) is 5.79 Å². The van der Waals surface area contributed by atoms with Crippen LogP contribution in [0.4, 0.5) is 18.9 Å². The van der Waals surface area contributed by atoms with Crippen LogP contribution in [0.5, 0.6) is 0 Å². The van der Waals surface area contributed by atoms with Crippen molar-refractivity contribution in [3.05, 3.63) is 41.5 Å². The summed E-state index contributed by atoms with van der Waals surface area (Å²) in [5.74, 6) is -2.26. The molecule has 1 aromatic carbocycles. The molecule has 0 unspecified atom stereocenters. The summed E-state index contributed by atoms with van der Waals surface area (Å²) in [7, 11) is 1.39. The predicted octanol–water partition coefficient (Wildman–Crippen LogP) is 4.41. The van der Waals surface area contributed by atoms with Gasteiger partial charge in [0.05, 0.1) is 22.0 Å². The number of ether oxygens (including phenoxy) is 1. The van der Waals surface area contributed by atoms with Gasteiger partial charge in [-0.1, -0.05) is 6.07 Å². The Hall–Kier alpha value is -2.27. The van der Waals surface area contributed by atoms with Gasteiger partial charge in [-0.15, -0.1) is 0 Å². The minimum absolute atomic E-state index is 0.283. The first-order chi connectivity index (χ1) is 17.1. The number of alkyl halides is 3. The van der Waals surface area contributed by atoms with Crippen molar-refractivity contribution in [2.75, 3.05) is 44.7 Å². The minimum Gasteiger partial charge on any atom is -0.369 e. The topological polar surface area (TPSA) is 68.3 Å². The monoisotopic (exact) mass is 524 g/mol. The molecule has 10 heteroatoms. The number of halogens is 3. The Morgan fingerprint density at radius 2 is 1.65 bits per heavy atom. The molecule has 1 aromatic rings. The molecule has 0 bridgehead atoms. The molecule has 37 heavy (non-hydrogen) atoms. The van der Waals surface area contributed by atoms with Crippen LogP contribution in [0.2, 0.25) is 0 Å². The van der Waals surface area contributed by atoms with E-state index < -0.39 is 34.0 Å². The molecule has 2 atom stereocenters. The highest BCUT2D eigenvalue weighted by Crippen LogP contribution is 2.54. The maximum Gasteiger partial charge on any atom is 0.416 e. The summed E-state index contributed by atoms with van der Waals surface area (Å²) < 4.78 is 44.9. The lowest BCUT2D eigenvalue weighted by Gasteiger charge is -2.54. The number of fused-ring (bicyclic) bond motifs is 1. The molecule has 1 saturated carbocycles. The van der Waals surface area contributed by atoms with E-state index in [2.05, 4.69) is 4.90 Å². The zero-order valence-electron chi connectivity index (χ0n) is 22.2. The SMILES string of the molecule is CO[C@@]12OO[C@](C)(CCN3CCN(c4cccc(C(F)(F)F)c4)CC3)C=C1C(=O)C(C)(C)C(=O)C2(C)C. The number of hydrogen-bond donors (Lipinski definition) is 0.